The van der Waals surface area contributed by atoms with Gasteiger partial charge in [0.1, 0.15) is 0 Å². The summed E-state index contributed by atoms with van der Waals surface area (Å²) in [5, 5.41) is 3.67. The van der Waals surface area contributed by atoms with Gasteiger partial charge in [0.25, 0.3) is 0 Å². The molecule has 2 nitrogen and oxygen atoms in total. The first-order chi connectivity index (χ1) is 8.34. The molecule has 17 heavy (non-hydrogen) atoms. The summed E-state index contributed by atoms with van der Waals surface area (Å²) in [4.78, 5) is 2.69. The van der Waals surface area contributed by atoms with Gasteiger partial charge in [0.05, 0.1) is 11.4 Å². The minimum Gasteiger partial charge on any atom is -0.381 e. The Bertz CT molecular complexity index is 454. The standard InChI is InChI=1S/C15H20N2/c1-10-4-2-7-13-15(10)16-8-14-12-6-3-5-11(12)9-17(13)14/h2,4,7,11-12,14,16H,3,5-6,8-9H2,1H3. The Morgan fingerprint density at radius 2 is 2.24 bits per heavy atom. The zero-order chi connectivity index (χ0) is 11.4. The summed E-state index contributed by atoms with van der Waals surface area (Å²) in [6.45, 7) is 4.66. The number of nitrogens with one attached hydrogen (secondary N) is 1. The molecule has 4 rings (SSSR count). The Balaban J connectivity index is 1.76. The summed E-state index contributed by atoms with van der Waals surface area (Å²) < 4.78 is 0. The fraction of sp³-hybridized carbons (Fsp3) is 0.600. The second-order valence-corrected chi connectivity index (χ2v) is 5.92. The number of nitrogens with zero attached hydrogens (tertiary/aromatic N) is 1. The van der Waals surface area contributed by atoms with Crippen LogP contribution in [0.2, 0.25) is 0 Å². The second-order valence-electron chi connectivity index (χ2n) is 5.92. The molecule has 0 bridgehead atoms. The predicted octanol–water partition coefficient (Wildman–Crippen LogP) is 3.03. The normalized spacial score (nSPS) is 33.9. The molecular weight excluding hydrogens is 208 g/mol. The highest BCUT2D eigenvalue weighted by atomic mass is 15.3. The summed E-state index contributed by atoms with van der Waals surface area (Å²) in [5.41, 5.74) is 4.22. The van der Waals surface area contributed by atoms with Crippen LogP contribution in [0, 0.1) is 18.8 Å². The Morgan fingerprint density at radius 1 is 1.29 bits per heavy atom. The van der Waals surface area contributed by atoms with Gasteiger partial charge in [0, 0.05) is 19.1 Å². The molecule has 0 aromatic heterocycles. The summed E-state index contributed by atoms with van der Waals surface area (Å²) >= 11 is 0. The van der Waals surface area contributed by atoms with Crippen molar-refractivity contribution in [2.45, 2.75) is 32.2 Å². The van der Waals surface area contributed by atoms with Gasteiger partial charge in [-0.3, -0.25) is 0 Å². The topological polar surface area (TPSA) is 15.3 Å². The Hall–Kier alpha value is -1.18. The number of aryl methyl sites for hydroxylation is 1. The second kappa shape index (κ2) is 3.41. The molecule has 1 aromatic rings. The highest BCUT2D eigenvalue weighted by Gasteiger charge is 2.45. The molecule has 1 aliphatic carbocycles. The van der Waals surface area contributed by atoms with Crippen LogP contribution in [0.25, 0.3) is 0 Å². The fourth-order valence-electron chi connectivity index (χ4n) is 4.28. The highest BCUT2D eigenvalue weighted by Crippen LogP contribution is 2.47. The third kappa shape index (κ3) is 1.27. The van der Waals surface area contributed by atoms with E-state index in [1.807, 2.05) is 0 Å². The molecule has 2 heteroatoms. The van der Waals surface area contributed by atoms with Crippen molar-refractivity contribution < 1.29 is 0 Å². The number of hydrogen-bond donors (Lipinski definition) is 1. The molecule has 1 N–H and O–H groups in total. The molecule has 0 amide bonds. The summed E-state index contributed by atoms with van der Waals surface area (Å²) in [5.74, 6) is 1.92. The van der Waals surface area contributed by atoms with Gasteiger partial charge < -0.3 is 10.2 Å². The van der Waals surface area contributed by atoms with Gasteiger partial charge in [-0.15, -0.1) is 0 Å². The van der Waals surface area contributed by atoms with Crippen molar-refractivity contribution in [3.8, 4) is 0 Å². The number of benzene rings is 1. The minimum absolute atomic E-state index is 0.761. The van der Waals surface area contributed by atoms with E-state index in [1.54, 1.807) is 0 Å². The van der Waals surface area contributed by atoms with Gasteiger partial charge in [0.15, 0.2) is 0 Å². The van der Waals surface area contributed by atoms with E-state index in [2.05, 4.69) is 35.3 Å². The van der Waals surface area contributed by atoms with Gasteiger partial charge in [-0.25, -0.2) is 0 Å². The molecule has 1 aromatic carbocycles. The molecule has 2 heterocycles. The number of rotatable bonds is 0. The molecular formula is C15H20N2. The van der Waals surface area contributed by atoms with Crippen LogP contribution in [0.4, 0.5) is 11.4 Å². The van der Waals surface area contributed by atoms with Crippen LogP contribution in [0.5, 0.6) is 0 Å². The first kappa shape index (κ1) is 9.81. The zero-order valence-corrected chi connectivity index (χ0v) is 10.4. The molecule has 2 fully saturated rings. The number of fused-ring (bicyclic) bond motifs is 5. The van der Waals surface area contributed by atoms with Crippen molar-refractivity contribution in [2.75, 3.05) is 23.3 Å². The number of hydrogen-bond acceptors (Lipinski definition) is 2. The van der Waals surface area contributed by atoms with Crippen molar-refractivity contribution in [1.29, 1.82) is 0 Å². The minimum atomic E-state index is 0.761. The molecule has 3 atom stereocenters. The molecule has 0 radical (unpaired) electrons. The largest absolute Gasteiger partial charge is 0.381 e. The Kier molecular flexibility index (Phi) is 1.97. The van der Waals surface area contributed by atoms with E-state index in [4.69, 9.17) is 0 Å². The quantitative estimate of drug-likeness (QED) is 0.734. The van der Waals surface area contributed by atoms with Crippen molar-refractivity contribution >= 4 is 11.4 Å². The van der Waals surface area contributed by atoms with Gasteiger partial charge in [-0.1, -0.05) is 18.6 Å². The molecule has 3 aliphatic rings. The lowest BCUT2D eigenvalue weighted by atomic mass is 9.93. The van der Waals surface area contributed by atoms with Gasteiger partial charge in [0.2, 0.25) is 0 Å². The maximum absolute atomic E-state index is 3.67. The van der Waals surface area contributed by atoms with E-state index >= 15 is 0 Å². The number of para-hydroxylation sites is 1. The number of anilines is 2. The maximum Gasteiger partial charge on any atom is 0.0608 e. The van der Waals surface area contributed by atoms with Crippen LogP contribution in [-0.2, 0) is 0 Å². The smallest absolute Gasteiger partial charge is 0.0608 e. The average molecular weight is 228 g/mol. The van der Waals surface area contributed by atoms with Crippen molar-refractivity contribution in [2.24, 2.45) is 11.8 Å². The van der Waals surface area contributed by atoms with Gasteiger partial charge in [-0.05, 0) is 43.2 Å². The predicted molar refractivity (Wildman–Crippen MR) is 71.6 cm³/mol. The molecule has 1 saturated heterocycles. The lowest BCUT2D eigenvalue weighted by Crippen LogP contribution is -2.42. The Morgan fingerprint density at radius 3 is 3.18 bits per heavy atom. The van der Waals surface area contributed by atoms with Crippen LogP contribution in [0.3, 0.4) is 0 Å². The first-order valence-corrected chi connectivity index (χ1v) is 6.95. The first-order valence-electron chi connectivity index (χ1n) is 6.95. The third-order valence-corrected chi connectivity index (χ3v) is 5.09. The van der Waals surface area contributed by atoms with E-state index < -0.39 is 0 Å². The SMILES string of the molecule is Cc1cccc2c1NCC1C3CCCC3CN21. The summed E-state index contributed by atoms with van der Waals surface area (Å²) in [7, 11) is 0. The van der Waals surface area contributed by atoms with Crippen molar-refractivity contribution in [1.82, 2.24) is 0 Å². The zero-order valence-electron chi connectivity index (χ0n) is 10.4. The maximum atomic E-state index is 3.67. The molecule has 90 valence electrons. The van der Waals surface area contributed by atoms with Crippen LogP contribution >= 0.6 is 0 Å². The van der Waals surface area contributed by atoms with Crippen molar-refractivity contribution in [3.05, 3.63) is 23.8 Å². The van der Waals surface area contributed by atoms with Crippen LogP contribution in [0.15, 0.2) is 18.2 Å². The van der Waals surface area contributed by atoms with E-state index in [0.29, 0.717) is 0 Å². The Labute approximate surface area is 103 Å². The summed E-state index contributed by atoms with van der Waals surface area (Å²) in [6, 6.07) is 7.47. The van der Waals surface area contributed by atoms with Gasteiger partial charge in [-0.2, -0.15) is 0 Å². The third-order valence-electron chi connectivity index (χ3n) is 5.09. The molecule has 2 aliphatic heterocycles. The van der Waals surface area contributed by atoms with Crippen LogP contribution < -0.4 is 10.2 Å². The highest BCUT2D eigenvalue weighted by molar-refractivity contribution is 5.76. The monoisotopic (exact) mass is 228 g/mol. The molecule has 3 unspecified atom stereocenters. The van der Waals surface area contributed by atoms with E-state index in [-0.39, 0.29) is 0 Å². The van der Waals surface area contributed by atoms with E-state index in [0.717, 1.165) is 24.4 Å². The average Bonchev–Trinajstić information content (AvgIpc) is 2.89. The molecule has 0 spiro atoms. The van der Waals surface area contributed by atoms with E-state index in [9.17, 15) is 0 Å². The van der Waals surface area contributed by atoms with Crippen molar-refractivity contribution in [3.63, 3.8) is 0 Å². The fourth-order valence-corrected chi connectivity index (χ4v) is 4.28. The van der Waals surface area contributed by atoms with E-state index in [1.165, 1.54) is 42.7 Å². The van der Waals surface area contributed by atoms with Crippen LogP contribution in [-0.4, -0.2) is 19.1 Å². The lowest BCUT2D eigenvalue weighted by molar-refractivity contribution is 0.429. The molecule has 1 saturated carbocycles. The summed E-state index contributed by atoms with van der Waals surface area (Å²) in [6.07, 6.45) is 4.37. The van der Waals surface area contributed by atoms with Crippen LogP contribution in [0.1, 0.15) is 24.8 Å². The lowest BCUT2D eigenvalue weighted by Gasteiger charge is -2.37. The van der Waals surface area contributed by atoms with Gasteiger partial charge >= 0.3 is 0 Å².